The highest BCUT2D eigenvalue weighted by Crippen LogP contribution is 2.43. The number of quaternary nitrogens is 1. The molecule has 0 saturated carbocycles. The maximum Gasteiger partial charge on any atom is 0.472 e. The van der Waals surface area contributed by atoms with E-state index >= 15 is 0 Å². The second-order valence-corrected chi connectivity index (χ2v) is 21.4. The standard InChI is InChI=1S/C55H107N2O6P/c1-6-8-10-12-14-16-18-20-22-24-26-27-28-29-31-33-35-37-39-41-43-45-47-49-55(59)56-53(52-63-64(60,61)62-51-50-57(3,4)5)54(58)48-46-44-42-40-38-36-34-32-30-25-23-21-19-17-15-13-11-9-7-2/h30,32,38,40,46,48,53-54,58H,6-29,31,33-37,39,41-45,47,49-52H2,1-5H3,(H-,56,59,60,61)/p+1/b32-30+,40-38+,48-46+. The number of allylic oxidation sites excluding steroid dienone is 5. The number of hydrogen-bond donors (Lipinski definition) is 3. The molecule has 0 heterocycles. The highest BCUT2D eigenvalue weighted by atomic mass is 31.2. The first-order valence-electron chi connectivity index (χ1n) is 27.4. The Balaban J connectivity index is 4.29. The van der Waals surface area contributed by atoms with E-state index in [2.05, 4.69) is 43.5 Å². The largest absolute Gasteiger partial charge is 0.472 e. The lowest BCUT2D eigenvalue weighted by atomic mass is 10.0. The number of nitrogens with zero attached hydrogens (tertiary/aromatic N) is 1. The van der Waals surface area contributed by atoms with Crippen LogP contribution in [0.15, 0.2) is 36.5 Å². The van der Waals surface area contributed by atoms with Crippen LogP contribution in [0.5, 0.6) is 0 Å². The van der Waals surface area contributed by atoms with Crippen molar-refractivity contribution >= 4 is 13.7 Å². The summed E-state index contributed by atoms with van der Waals surface area (Å²) in [6.45, 7) is 4.81. The Hall–Kier alpha value is -1.28. The molecule has 0 aromatic heterocycles. The third kappa shape index (κ3) is 48.6. The number of carbonyl (C=O) groups is 1. The Labute approximate surface area is 397 Å². The van der Waals surface area contributed by atoms with Crippen LogP contribution in [0.3, 0.4) is 0 Å². The molecule has 0 rings (SSSR count). The lowest BCUT2D eigenvalue weighted by Gasteiger charge is -2.25. The van der Waals surface area contributed by atoms with Gasteiger partial charge < -0.3 is 19.8 Å². The molecular weight excluding hydrogens is 816 g/mol. The second-order valence-electron chi connectivity index (χ2n) is 19.9. The molecule has 378 valence electrons. The number of nitrogens with one attached hydrogen (secondary N) is 1. The van der Waals surface area contributed by atoms with Gasteiger partial charge in [0.05, 0.1) is 39.9 Å². The Morgan fingerprint density at radius 3 is 1.25 bits per heavy atom. The Morgan fingerprint density at radius 1 is 0.516 bits per heavy atom. The lowest BCUT2D eigenvalue weighted by molar-refractivity contribution is -0.870. The number of likely N-dealkylation sites (N-methyl/N-ethyl adjacent to an activating group) is 1. The predicted octanol–water partition coefficient (Wildman–Crippen LogP) is 16.2. The van der Waals surface area contributed by atoms with Crippen molar-refractivity contribution < 1.29 is 32.9 Å². The van der Waals surface area contributed by atoms with Crippen LogP contribution in [0.1, 0.15) is 258 Å². The molecule has 0 radical (unpaired) electrons. The SMILES string of the molecule is CCCCCCCCCCC/C=C/CC/C=C/CC/C=C/C(O)C(COP(=O)(O)OCC[N+](C)(C)C)NC(=O)CCCCCCCCCCCCCCCCCCCCCCCCC. The molecule has 0 fully saturated rings. The van der Waals surface area contributed by atoms with Crippen LogP contribution in [-0.2, 0) is 18.4 Å². The Kier molecular flexibility index (Phi) is 45.9. The summed E-state index contributed by atoms with van der Waals surface area (Å²) < 4.78 is 23.7. The van der Waals surface area contributed by atoms with Gasteiger partial charge in [-0.25, -0.2) is 4.57 Å². The molecule has 64 heavy (non-hydrogen) atoms. The van der Waals surface area contributed by atoms with Crippen molar-refractivity contribution in [1.29, 1.82) is 0 Å². The van der Waals surface area contributed by atoms with Gasteiger partial charge in [-0.3, -0.25) is 13.8 Å². The van der Waals surface area contributed by atoms with Crippen LogP contribution >= 0.6 is 7.82 Å². The first kappa shape index (κ1) is 62.7. The van der Waals surface area contributed by atoms with Crippen molar-refractivity contribution in [3.05, 3.63) is 36.5 Å². The fourth-order valence-corrected chi connectivity index (χ4v) is 8.75. The number of unbranched alkanes of at least 4 members (excludes halogenated alkanes) is 33. The summed E-state index contributed by atoms with van der Waals surface area (Å²) in [5.74, 6) is -0.187. The van der Waals surface area contributed by atoms with Crippen molar-refractivity contribution in [2.24, 2.45) is 0 Å². The molecule has 0 bridgehead atoms. The number of rotatable bonds is 50. The summed E-state index contributed by atoms with van der Waals surface area (Å²) >= 11 is 0. The van der Waals surface area contributed by atoms with Gasteiger partial charge in [0, 0.05) is 6.42 Å². The highest BCUT2D eigenvalue weighted by molar-refractivity contribution is 7.47. The average Bonchev–Trinajstić information content (AvgIpc) is 3.25. The number of carbonyl (C=O) groups excluding carboxylic acids is 1. The molecule has 0 aliphatic carbocycles. The molecule has 0 aromatic rings. The van der Waals surface area contributed by atoms with E-state index in [0.717, 1.165) is 44.9 Å². The second kappa shape index (κ2) is 46.8. The van der Waals surface area contributed by atoms with E-state index in [1.807, 2.05) is 27.2 Å². The van der Waals surface area contributed by atoms with E-state index in [1.165, 1.54) is 193 Å². The van der Waals surface area contributed by atoms with E-state index in [0.29, 0.717) is 17.4 Å². The molecular formula is C55H108N2O6P+. The van der Waals surface area contributed by atoms with Crippen molar-refractivity contribution in [1.82, 2.24) is 5.32 Å². The Morgan fingerprint density at radius 2 is 0.859 bits per heavy atom. The number of phosphoric ester groups is 1. The highest BCUT2D eigenvalue weighted by Gasteiger charge is 2.27. The van der Waals surface area contributed by atoms with Crippen molar-refractivity contribution in [2.45, 2.75) is 270 Å². The van der Waals surface area contributed by atoms with Gasteiger partial charge in [-0.15, -0.1) is 0 Å². The quantitative estimate of drug-likeness (QED) is 0.0243. The summed E-state index contributed by atoms with van der Waals surface area (Å²) in [6.07, 6.45) is 59.5. The molecule has 0 saturated heterocycles. The van der Waals surface area contributed by atoms with E-state index in [1.54, 1.807) is 6.08 Å². The lowest BCUT2D eigenvalue weighted by Crippen LogP contribution is -2.45. The van der Waals surface area contributed by atoms with E-state index < -0.39 is 20.0 Å². The van der Waals surface area contributed by atoms with Gasteiger partial charge in [-0.05, 0) is 44.9 Å². The summed E-state index contributed by atoms with van der Waals surface area (Å²) in [5.41, 5.74) is 0. The van der Waals surface area contributed by atoms with Crippen LogP contribution < -0.4 is 5.32 Å². The number of aliphatic hydroxyl groups is 1. The minimum absolute atomic E-state index is 0.0550. The molecule has 0 aromatic carbocycles. The third-order valence-corrected chi connectivity index (χ3v) is 13.3. The average molecular weight is 924 g/mol. The zero-order valence-electron chi connectivity index (χ0n) is 43.0. The zero-order valence-corrected chi connectivity index (χ0v) is 43.9. The van der Waals surface area contributed by atoms with Gasteiger partial charge in [0.25, 0.3) is 0 Å². The number of amides is 1. The molecule has 3 atom stereocenters. The van der Waals surface area contributed by atoms with Gasteiger partial charge in [-0.2, -0.15) is 0 Å². The van der Waals surface area contributed by atoms with Crippen LogP contribution in [0.4, 0.5) is 0 Å². The minimum atomic E-state index is -4.35. The van der Waals surface area contributed by atoms with Crippen molar-refractivity contribution in [3.63, 3.8) is 0 Å². The van der Waals surface area contributed by atoms with Crippen LogP contribution in [-0.4, -0.2) is 73.4 Å². The molecule has 0 spiro atoms. The van der Waals surface area contributed by atoms with Gasteiger partial charge in [0.2, 0.25) is 5.91 Å². The predicted molar refractivity (Wildman–Crippen MR) is 277 cm³/mol. The first-order chi connectivity index (χ1) is 31.0. The van der Waals surface area contributed by atoms with Crippen LogP contribution in [0.25, 0.3) is 0 Å². The number of aliphatic hydroxyl groups excluding tert-OH is 1. The summed E-state index contributed by atoms with van der Waals surface area (Å²) in [6, 6.07) is -0.867. The number of phosphoric acid groups is 1. The summed E-state index contributed by atoms with van der Waals surface area (Å²) in [4.78, 5) is 23.2. The smallest absolute Gasteiger partial charge is 0.387 e. The van der Waals surface area contributed by atoms with Gasteiger partial charge in [0.1, 0.15) is 13.2 Å². The molecule has 0 aliphatic heterocycles. The monoisotopic (exact) mass is 924 g/mol. The maximum atomic E-state index is 13.0. The third-order valence-electron chi connectivity index (χ3n) is 12.3. The molecule has 1 amide bonds. The maximum absolute atomic E-state index is 13.0. The summed E-state index contributed by atoms with van der Waals surface area (Å²) in [7, 11) is 1.55. The van der Waals surface area contributed by atoms with Gasteiger partial charge >= 0.3 is 7.82 Å². The van der Waals surface area contributed by atoms with Crippen LogP contribution in [0, 0.1) is 0 Å². The molecule has 9 heteroatoms. The molecule has 8 nitrogen and oxygen atoms in total. The van der Waals surface area contributed by atoms with Gasteiger partial charge in [0.15, 0.2) is 0 Å². The fourth-order valence-electron chi connectivity index (χ4n) is 8.02. The molecule has 0 aliphatic rings. The van der Waals surface area contributed by atoms with Crippen molar-refractivity contribution in [3.8, 4) is 0 Å². The van der Waals surface area contributed by atoms with E-state index in [9.17, 15) is 19.4 Å². The zero-order chi connectivity index (χ0) is 47.1. The van der Waals surface area contributed by atoms with E-state index in [-0.39, 0.29) is 19.1 Å². The van der Waals surface area contributed by atoms with Crippen LogP contribution in [0.2, 0.25) is 0 Å². The first-order valence-corrected chi connectivity index (χ1v) is 28.9. The Bertz CT molecular complexity index is 1140. The topological polar surface area (TPSA) is 105 Å². The molecule has 3 N–H and O–H groups in total. The minimum Gasteiger partial charge on any atom is -0.387 e. The summed E-state index contributed by atoms with van der Waals surface area (Å²) in [5, 5.41) is 13.9. The molecule has 3 unspecified atom stereocenters. The van der Waals surface area contributed by atoms with Crippen molar-refractivity contribution in [2.75, 3.05) is 40.9 Å². The normalized spacial score (nSPS) is 14.3. The van der Waals surface area contributed by atoms with Gasteiger partial charge in [-0.1, -0.05) is 243 Å². The fraction of sp³-hybridized carbons (Fsp3) is 0.873. The number of hydrogen-bond acceptors (Lipinski definition) is 5. The van der Waals surface area contributed by atoms with E-state index in [4.69, 9.17) is 9.05 Å².